The van der Waals surface area contributed by atoms with Gasteiger partial charge in [0.05, 0.1) is 11.8 Å². The Bertz CT molecular complexity index is 1020. The normalized spacial score (nSPS) is 18.5. The van der Waals surface area contributed by atoms with Crippen molar-refractivity contribution in [1.82, 2.24) is 14.9 Å². The van der Waals surface area contributed by atoms with Crippen LogP contribution in [0.1, 0.15) is 41.1 Å². The molecule has 5 heteroatoms. The number of ether oxygens (including phenoxy) is 1. The summed E-state index contributed by atoms with van der Waals surface area (Å²) in [7, 11) is 0. The van der Waals surface area contributed by atoms with E-state index in [4.69, 9.17) is 14.7 Å². The van der Waals surface area contributed by atoms with Crippen molar-refractivity contribution >= 4 is 5.82 Å². The monoisotopic (exact) mass is 428 g/mol. The summed E-state index contributed by atoms with van der Waals surface area (Å²) in [4.78, 5) is 14.8. The fraction of sp³-hybridized carbons (Fsp3) is 0.407. The quantitative estimate of drug-likeness (QED) is 0.553. The maximum Gasteiger partial charge on any atom is 0.137 e. The zero-order chi connectivity index (χ0) is 21.8. The Hall–Kier alpha value is -2.76. The van der Waals surface area contributed by atoms with E-state index in [2.05, 4.69) is 70.5 Å². The molecule has 0 N–H and O–H groups in total. The number of benzene rings is 2. The van der Waals surface area contributed by atoms with Gasteiger partial charge in [0.2, 0.25) is 0 Å². The van der Waals surface area contributed by atoms with Crippen LogP contribution in [0.4, 0.5) is 5.82 Å². The fourth-order valence-corrected chi connectivity index (χ4v) is 4.88. The molecule has 1 atom stereocenters. The predicted octanol–water partition coefficient (Wildman–Crippen LogP) is 4.53. The van der Waals surface area contributed by atoms with Gasteiger partial charge in [-0.1, -0.05) is 60.7 Å². The van der Waals surface area contributed by atoms with Crippen molar-refractivity contribution in [2.24, 2.45) is 0 Å². The highest BCUT2D eigenvalue weighted by Crippen LogP contribution is 2.30. The SMILES string of the molecule is Cc1nc2c(c(N(Cc3ccccc3)C[C@@H]3CCCO3)n1)CN(Cc1ccccc1)CC2. The van der Waals surface area contributed by atoms with Gasteiger partial charge in [-0.2, -0.15) is 0 Å². The van der Waals surface area contributed by atoms with Crippen LogP contribution < -0.4 is 4.90 Å². The van der Waals surface area contributed by atoms with Crippen LogP contribution in [-0.2, 0) is 30.8 Å². The molecule has 0 unspecified atom stereocenters. The smallest absolute Gasteiger partial charge is 0.137 e. The molecule has 3 aromatic rings. The van der Waals surface area contributed by atoms with E-state index in [1.54, 1.807) is 0 Å². The lowest BCUT2D eigenvalue weighted by atomic mass is 10.0. The highest BCUT2D eigenvalue weighted by molar-refractivity contribution is 5.51. The number of hydrogen-bond donors (Lipinski definition) is 0. The van der Waals surface area contributed by atoms with Crippen LogP contribution in [0, 0.1) is 6.92 Å². The lowest BCUT2D eigenvalue weighted by Gasteiger charge is -2.34. The summed E-state index contributed by atoms with van der Waals surface area (Å²) in [6, 6.07) is 21.4. The third-order valence-electron chi connectivity index (χ3n) is 6.44. The molecule has 32 heavy (non-hydrogen) atoms. The molecule has 3 heterocycles. The molecule has 2 aliphatic rings. The van der Waals surface area contributed by atoms with Crippen LogP contribution >= 0.6 is 0 Å². The van der Waals surface area contributed by atoms with Crippen molar-refractivity contribution in [1.29, 1.82) is 0 Å². The average Bonchev–Trinajstić information content (AvgIpc) is 3.33. The third kappa shape index (κ3) is 5.00. The lowest BCUT2D eigenvalue weighted by molar-refractivity contribution is 0.115. The minimum absolute atomic E-state index is 0.272. The Morgan fingerprint density at radius 2 is 1.75 bits per heavy atom. The minimum Gasteiger partial charge on any atom is -0.376 e. The number of anilines is 1. The molecular weight excluding hydrogens is 396 g/mol. The Morgan fingerprint density at radius 1 is 1.00 bits per heavy atom. The first-order valence-electron chi connectivity index (χ1n) is 11.8. The highest BCUT2D eigenvalue weighted by Gasteiger charge is 2.27. The second-order valence-electron chi connectivity index (χ2n) is 8.97. The zero-order valence-corrected chi connectivity index (χ0v) is 18.9. The Kier molecular flexibility index (Phi) is 6.46. The van der Waals surface area contributed by atoms with Crippen molar-refractivity contribution in [3.05, 3.63) is 88.9 Å². The van der Waals surface area contributed by atoms with Crippen LogP contribution in [0.3, 0.4) is 0 Å². The summed E-state index contributed by atoms with van der Waals surface area (Å²) in [5.74, 6) is 1.95. The van der Waals surface area contributed by atoms with E-state index < -0.39 is 0 Å². The van der Waals surface area contributed by atoms with Crippen LogP contribution in [0.15, 0.2) is 60.7 Å². The maximum absolute atomic E-state index is 6.02. The van der Waals surface area contributed by atoms with Gasteiger partial charge in [-0.3, -0.25) is 4.90 Å². The molecule has 2 aliphatic heterocycles. The van der Waals surface area contributed by atoms with Crippen molar-refractivity contribution < 1.29 is 4.74 Å². The van der Waals surface area contributed by atoms with Crippen LogP contribution in [0.25, 0.3) is 0 Å². The predicted molar refractivity (Wildman–Crippen MR) is 127 cm³/mol. The number of nitrogens with zero attached hydrogens (tertiary/aromatic N) is 4. The molecule has 1 saturated heterocycles. The van der Waals surface area contributed by atoms with Gasteiger partial charge >= 0.3 is 0 Å². The molecule has 0 amide bonds. The van der Waals surface area contributed by atoms with Gasteiger partial charge in [0.1, 0.15) is 11.6 Å². The van der Waals surface area contributed by atoms with Gasteiger partial charge in [0.25, 0.3) is 0 Å². The van der Waals surface area contributed by atoms with Crippen molar-refractivity contribution in [3.63, 3.8) is 0 Å². The van der Waals surface area contributed by atoms with E-state index in [1.807, 2.05) is 6.92 Å². The topological polar surface area (TPSA) is 41.5 Å². The van der Waals surface area contributed by atoms with Crippen molar-refractivity contribution in [2.75, 3.05) is 24.6 Å². The van der Waals surface area contributed by atoms with Gasteiger partial charge in [-0.25, -0.2) is 9.97 Å². The van der Waals surface area contributed by atoms with Gasteiger partial charge in [0.15, 0.2) is 0 Å². The summed E-state index contributed by atoms with van der Waals surface area (Å²) in [5, 5.41) is 0. The molecule has 1 aromatic heterocycles. The van der Waals surface area contributed by atoms with E-state index in [1.165, 1.54) is 22.4 Å². The summed E-state index contributed by atoms with van der Waals surface area (Å²) in [6.45, 7) is 7.47. The standard InChI is InChI=1S/C27H32N4O/c1-21-28-26-14-15-30(17-22-9-4-2-5-10-22)20-25(26)27(29-21)31(19-24-13-8-16-32-24)18-23-11-6-3-7-12-23/h2-7,9-12,24H,8,13-20H2,1H3/t24-/m0/s1. The van der Waals surface area contributed by atoms with Crippen molar-refractivity contribution in [2.45, 2.75) is 51.9 Å². The van der Waals surface area contributed by atoms with Crippen LogP contribution in [0.5, 0.6) is 0 Å². The molecule has 0 saturated carbocycles. The number of rotatable bonds is 7. The Labute approximate surface area is 191 Å². The number of aromatic nitrogens is 2. The second-order valence-corrected chi connectivity index (χ2v) is 8.97. The molecule has 166 valence electrons. The summed E-state index contributed by atoms with van der Waals surface area (Å²) >= 11 is 0. The molecule has 0 aliphatic carbocycles. The zero-order valence-electron chi connectivity index (χ0n) is 18.9. The Balaban J connectivity index is 1.45. The molecule has 2 aromatic carbocycles. The third-order valence-corrected chi connectivity index (χ3v) is 6.44. The minimum atomic E-state index is 0.272. The fourth-order valence-electron chi connectivity index (χ4n) is 4.88. The van der Waals surface area contributed by atoms with Gasteiger partial charge in [-0.15, -0.1) is 0 Å². The molecule has 5 rings (SSSR count). The molecule has 1 fully saturated rings. The van der Waals surface area contributed by atoms with Crippen molar-refractivity contribution in [3.8, 4) is 0 Å². The first kappa shape index (κ1) is 21.1. The maximum atomic E-state index is 6.02. The first-order chi connectivity index (χ1) is 15.7. The van der Waals surface area contributed by atoms with Gasteiger partial charge in [-0.05, 0) is 30.9 Å². The second kappa shape index (κ2) is 9.80. The first-order valence-corrected chi connectivity index (χ1v) is 11.8. The number of hydrogen-bond acceptors (Lipinski definition) is 5. The molecule has 0 radical (unpaired) electrons. The summed E-state index contributed by atoms with van der Waals surface area (Å²) < 4.78 is 6.02. The lowest BCUT2D eigenvalue weighted by Crippen LogP contribution is -2.37. The van der Waals surface area contributed by atoms with E-state index in [0.29, 0.717) is 0 Å². The summed E-state index contributed by atoms with van der Waals surface area (Å²) in [6.07, 6.45) is 3.51. The largest absolute Gasteiger partial charge is 0.376 e. The number of aryl methyl sites for hydroxylation is 1. The molecule has 0 spiro atoms. The average molecular weight is 429 g/mol. The summed E-state index contributed by atoms with van der Waals surface area (Å²) in [5.41, 5.74) is 5.15. The Morgan fingerprint density at radius 3 is 2.47 bits per heavy atom. The van der Waals surface area contributed by atoms with E-state index in [-0.39, 0.29) is 6.10 Å². The molecular formula is C27H32N4O. The van der Waals surface area contributed by atoms with Gasteiger partial charge < -0.3 is 9.64 Å². The van der Waals surface area contributed by atoms with E-state index in [9.17, 15) is 0 Å². The van der Waals surface area contributed by atoms with Crippen LogP contribution in [0.2, 0.25) is 0 Å². The van der Waals surface area contributed by atoms with E-state index >= 15 is 0 Å². The van der Waals surface area contributed by atoms with Crippen LogP contribution in [-0.4, -0.2) is 40.7 Å². The molecule has 0 bridgehead atoms. The number of fused-ring (bicyclic) bond motifs is 1. The van der Waals surface area contributed by atoms with E-state index in [0.717, 1.165) is 70.2 Å². The highest BCUT2D eigenvalue weighted by atomic mass is 16.5. The molecule has 5 nitrogen and oxygen atoms in total. The van der Waals surface area contributed by atoms with Gasteiger partial charge in [0, 0.05) is 51.3 Å².